The average molecular weight is 466 g/mol. The van der Waals surface area contributed by atoms with Crippen molar-refractivity contribution in [3.63, 3.8) is 0 Å². The van der Waals surface area contributed by atoms with Gasteiger partial charge in [0.1, 0.15) is 5.82 Å². The van der Waals surface area contributed by atoms with Crippen LogP contribution >= 0.6 is 0 Å². The molecule has 0 saturated carbocycles. The van der Waals surface area contributed by atoms with E-state index in [9.17, 15) is 22.8 Å². The van der Waals surface area contributed by atoms with Crippen molar-refractivity contribution in [2.24, 2.45) is 0 Å². The predicted octanol–water partition coefficient (Wildman–Crippen LogP) is 2.93. The number of anilines is 1. The van der Waals surface area contributed by atoms with E-state index in [0.29, 0.717) is 11.4 Å². The summed E-state index contributed by atoms with van der Waals surface area (Å²) in [6.07, 6.45) is -3.05. The van der Waals surface area contributed by atoms with E-state index in [2.05, 4.69) is 15.6 Å². The largest absolute Gasteiger partial charge is 0.416 e. The fourth-order valence-corrected chi connectivity index (χ4v) is 3.13. The normalized spacial score (nSPS) is 13.6. The van der Waals surface area contributed by atoms with Gasteiger partial charge >= 0.3 is 6.18 Å². The number of carbonyl (C=O) groups excluding carboxylic acids is 2. The van der Waals surface area contributed by atoms with Crippen molar-refractivity contribution in [2.75, 3.05) is 19.3 Å². The van der Waals surface area contributed by atoms with Gasteiger partial charge < -0.3 is 16.4 Å². The van der Waals surface area contributed by atoms with Crippen molar-refractivity contribution in [1.82, 2.24) is 20.5 Å². The molecule has 2 amide bonds. The van der Waals surface area contributed by atoms with Gasteiger partial charge in [0.25, 0.3) is 0 Å². The minimum atomic E-state index is -4.55. The highest BCUT2D eigenvalue weighted by Gasteiger charge is 2.32. The molecule has 180 valence electrons. The van der Waals surface area contributed by atoms with Crippen LogP contribution in [0.25, 0.3) is 0 Å². The lowest BCUT2D eigenvalue weighted by Gasteiger charge is -2.28. The Morgan fingerprint density at radius 1 is 1.09 bits per heavy atom. The number of aromatic nitrogens is 1. The van der Waals surface area contributed by atoms with Crippen LogP contribution in [-0.4, -0.2) is 47.4 Å². The van der Waals surface area contributed by atoms with Gasteiger partial charge in [-0.15, -0.1) is 0 Å². The van der Waals surface area contributed by atoms with E-state index in [0.717, 1.165) is 12.1 Å². The molecule has 0 unspecified atom stereocenters. The van der Waals surface area contributed by atoms with Crippen LogP contribution in [0.15, 0.2) is 42.6 Å². The molecule has 1 aromatic carbocycles. The summed E-state index contributed by atoms with van der Waals surface area (Å²) in [4.78, 5) is 31.4. The van der Waals surface area contributed by atoms with Crippen LogP contribution in [0.1, 0.15) is 43.4 Å². The second-order valence-corrected chi connectivity index (χ2v) is 8.17. The third-order valence-corrected chi connectivity index (χ3v) is 5.53. The number of carbonyl (C=O) groups is 2. The van der Waals surface area contributed by atoms with Crippen LogP contribution in [-0.2, 0) is 22.3 Å². The van der Waals surface area contributed by atoms with Crippen molar-refractivity contribution in [3.05, 3.63) is 59.3 Å². The first-order chi connectivity index (χ1) is 15.4. The molecule has 0 aliphatic carbocycles. The Labute approximate surface area is 191 Å². The molecular formula is C23H30F3N5O2. The van der Waals surface area contributed by atoms with Crippen LogP contribution < -0.4 is 16.4 Å². The maximum absolute atomic E-state index is 13.2. The molecule has 2 atom stereocenters. The Bertz CT molecular complexity index is 948. The second-order valence-electron chi connectivity index (χ2n) is 8.17. The molecule has 0 bridgehead atoms. The van der Waals surface area contributed by atoms with E-state index >= 15 is 0 Å². The first kappa shape index (κ1) is 26.1. The van der Waals surface area contributed by atoms with Crippen LogP contribution in [0.5, 0.6) is 0 Å². The molecule has 1 heterocycles. The zero-order valence-corrected chi connectivity index (χ0v) is 19.1. The van der Waals surface area contributed by atoms with Gasteiger partial charge in [-0.2, -0.15) is 13.2 Å². The van der Waals surface area contributed by atoms with Crippen LogP contribution in [0.2, 0.25) is 0 Å². The molecule has 0 fully saturated rings. The number of pyridine rings is 1. The van der Waals surface area contributed by atoms with E-state index in [1.165, 1.54) is 18.3 Å². The Morgan fingerprint density at radius 3 is 2.36 bits per heavy atom. The van der Waals surface area contributed by atoms with Gasteiger partial charge in [0, 0.05) is 25.3 Å². The summed E-state index contributed by atoms with van der Waals surface area (Å²) in [6, 6.07) is 7.48. The van der Waals surface area contributed by atoms with Gasteiger partial charge in [-0.1, -0.05) is 24.3 Å². The number of rotatable bonds is 9. The number of hydrogen-bond donors (Lipinski definition) is 3. The lowest BCUT2D eigenvalue weighted by molar-refractivity contribution is -0.138. The summed E-state index contributed by atoms with van der Waals surface area (Å²) in [5, 5.41) is 5.42. The number of nitrogens with one attached hydrogen (secondary N) is 2. The third kappa shape index (κ3) is 7.45. The Morgan fingerprint density at radius 2 is 1.79 bits per heavy atom. The van der Waals surface area contributed by atoms with E-state index < -0.39 is 29.6 Å². The number of hydrogen-bond acceptors (Lipinski definition) is 5. The molecule has 7 nitrogen and oxygen atoms in total. The first-order valence-corrected chi connectivity index (χ1v) is 10.5. The maximum Gasteiger partial charge on any atom is 0.416 e. The lowest BCUT2D eigenvalue weighted by Crippen LogP contribution is -2.47. The molecule has 33 heavy (non-hydrogen) atoms. The molecule has 0 radical (unpaired) electrons. The number of amides is 2. The molecule has 0 aliphatic rings. The highest BCUT2D eigenvalue weighted by molar-refractivity contribution is 5.86. The van der Waals surface area contributed by atoms with E-state index in [1.807, 2.05) is 18.7 Å². The number of nitrogens with two attached hydrogens (primary N) is 1. The number of nitrogen functional groups attached to an aromatic ring is 1. The summed E-state index contributed by atoms with van der Waals surface area (Å²) in [7, 11) is 1.80. The summed E-state index contributed by atoms with van der Waals surface area (Å²) in [6.45, 7) is 5.57. The van der Waals surface area contributed by atoms with E-state index in [-0.39, 0.29) is 30.6 Å². The number of alkyl halides is 3. The summed E-state index contributed by atoms with van der Waals surface area (Å²) < 4.78 is 39.7. The zero-order valence-electron chi connectivity index (χ0n) is 19.1. The number of benzene rings is 1. The zero-order chi connectivity index (χ0) is 24.8. The molecule has 1 aromatic heterocycles. The van der Waals surface area contributed by atoms with Crippen molar-refractivity contribution in [3.8, 4) is 0 Å². The molecular weight excluding hydrogens is 435 g/mol. The number of halogens is 3. The predicted molar refractivity (Wildman–Crippen MR) is 120 cm³/mol. The standard InChI is InChI=1S/C23H30F3N5O2/c1-14(2)31(4)15(3)21(32)30-13-19(17-6-5-7-18(10-17)23(24,25)26)22(33)29-12-16-8-9-20(27)28-11-16/h5-11,14-15,19H,12-13H2,1-4H3,(H2,27,28)(H,29,33)(H,30,32)/t15-,19-/m0/s1. The van der Waals surface area contributed by atoms with Gasteiger partial charge in [-0.3, -0.25) is 14.5 Å². The Hall–Kier alpha value is -3.14. The third-order valence-electron chi connectivity index (χ3n) is 5.53. The Balaban J connectivity index is 2.21. The summed E-state index contributed by atoms with van der Waals surface area (Å²) in [5.41, 5.74) is 5.53. The topological polar surface area (TPSA) is 100 Å². The maximum atomic E-state index is 13.2. The van der Waals surface area contributed by atoms with Crippen molar-refractivity contribution >= 4 is 17.6 Å². The van der Waals surface area contributed by atoms with Gasteiger partial charge in [-0.25, -0.2) is 4.98 Å². The van der Waals surface area contributed by atoms with Gasteiger partial charge in [0.15, 0.2) is 0 Å². The number of nitrogens with zero attached hydrogens (tertiary/aromatic N) is 2. The fraction of sp³-hybridized carbons (Fsp3) is 0.435. The van der Waals surface area contributed by atoms with Crippen molar-refractivity contribution in [2.45, 2.75) is 51.5 Å². The van der Waals surface area contributed by atoms with Gasteiger partial charge in [0.2, 0.25) is 11.8 Å². The van der Waals surface area contributed by atoms with Gasteiger partial charge in [-0.05, 0) is 51.1 Å². The van der Waals surface area contributed by atoms with Crippen LogP contribution in [0.4, 0.5) is 19.0 Å². The molecule has 2 aromatic rings. The minimum Gasteiger partial charge on any atom is -0.384 e. The molecule has 2 rings (SSSR count). The fourth-order valence-electron chi connectivity index (χ4n) is 3.13. The minimum absolute atomic E-state index is 0.113. The first-order valence-electron chi connectivity index (χ1n) is 10.5. The highest BCUT2D eigenvalue weighted by atomic mass is 19.4. The molecule has 0 saturated heterocycles. The SMILES string of the molecule is CC(C)N(C)[C@@H](C)C(=O)NC[C@H](C(=O)NCc1ccc(N)nc1)c1cccc(C(F)(F)F)c1. The van der Waals surface area contributed by atoms with Crippen LogP contribution in [0, 0.1) is 0 Å². The molecule has 10 heteroatoms. The van der Waals surface area contributed by atoms with Gasteiger partial charge in [0.05, 0.1) is 17.5 Å². The molecule has 4 N–H and O–H groups in total. The summed E-state index contributed by atoms with van der Waals surface area (Å²) in [5.74, 6) is -1.53. The smallest absolute Gasteiger partial charge is 0.384 e. The quantitative estimate of drug-likeness (QED) is 0.529. The van der Waals surface area contributed by atoms with Crippen molar-refractivity contribution in [1.29, 1.82) is 0 Å². The van der Waals surface area contributed by atoms with Crippen LogP contribution in [0.3, 0.4) is 0 Å². The second kappa shape index (κ2) is 11.1. The highest BCUT2D eigenvalue weighted by Crippen LogP contribution is 2.31. The molecule has 0 aliphatic heterocycles. The Kier molecular flexibility index (Phi) is 8.81. The average Bonchev–Trinajstić information content (AvgIpc) is 2.77. The van der Waals surface area contributed by atoms with E-state index in [1.54, 1.807) is 26.1 Å². The monoisotopic (exact) mass is 465 g/mol. The number of likely N-dealkylation sites (N-methyl/N-ethyl adjacent to an activating group) is 1. The summed E-state index contributed by atoms with van der Waals surface area (Å²) >= 11 is 0. The molecule has 0 spiro atoms. The lowest BCUT2D eigenvalue weighted by atomic mass is 9.95. The van der Waals surface area contributed by atoms with E-state index in [4.69, 9.17) is 5.73 Å². The van der Waals surface area contributed by atoms with Crippen molar-refractivity contribution < 1.29 is 22.8 Å².